The van der Waals surface area contributed by atoms with Crippen LogP contribution in [-0.2, 0) is 14.3 Å². The first kappa shape index (κ1) is 14.3. The van der Waals surface area contributed by atoms with Gasteiger partial charge in [0.15, 0.2) is 0 Å². The van der Waals surface area contributed by atoms with Crippen molar-refractivity contribution in [2.24, 2.45) is 0 Å². The lowest BCUT2D eigenvalue weighted by atomic mass is 10.3. The molecule has 6 nitrogen and oxygen atoms in total. The Morgan fingerprint density at radius 1 is 1.11 bits per heavy atom. The summed E-state index contributed by atoms with van der Waals surface area (Å²) >= 11 is 0. The van der Waals surface area contributed by atoms with Gasteiger partial charge >= 0.3 is 5.97 Å². The molecule has 0 fully saturated rings. The number of para-hydroxylation sites is 2. The van der Waals surface area contributed by atoms with E-state index in [-0.39, 0.29) is 13.2 Å². The molecule has 0 bridgehead atoms. The third-order valence-corrected chi connectivity index (χ3v) is 2.00. The van der Waals surface area contributed by atoms with E-state index in [1.807, 2.05) is 12.1 Å². The van der Waals surface area contributed by atoms with Gasteiger partial charge in [-0.3, -0.25) is 0 Å². The quantitative estimate of drug-likeness (QED) is 0.500. The lowest BCUT2D eigenvalue weighted by molar-refractivity contribution is -0.142. The Morgan fingerprint density at radius 2 is 1.78 bits per heavy atom. The van der Waals surface area contributed by atoms with Crippen molar-refractivity contribution in [3.63, 3.8) is 0 Å². The molecule has 0 atom stereocenters. The number of hydrogen-bond donors (Lipinski definition) is 2. The number of anilines is 1. The molecule has 0 aromatic heterocycles. The second-order valence-electron chi connectivity index (χ2n) is 3.44. The first-order chi connectivity index (χ1) is 8.70. The van der Waals surface area contributed by atoms with E-state index >= 15 is 0 Å². The van der Waals surface area contributed by atoms with Gasteiger partial charge in [-0.1, -0.05) is 12.1 Å². The minimum absolute atomic E-state index is 0.250. The molecule has 3 N–H and O–H groups in total. The largest absolute Gasteiger partial charge is 0.489 e. The van der Waals surface area contributed by atoms with Crippen molar-refractivity contribution in [1.82, 2.24) is 0 Å². The van der Waals surface area contributed by atoms with Gasteiger partial charge in [0.1, 0.15) is 19.0 Å². The van der Waals surface area contributed by atoms with Crippen LogP contribution in [0.5, 0.6) is 5.75 Å². The molecule has 0 aliphatic heterocycles. The molecule has 0 amide bonds. The lowest BCUT2D eigenvalue weighted by Crippen LogP contribution is -2.14. The first-order valence-electron chi connectivity index (χ1n) is 5.54. The summed E-state index contributed by atoms with van der Waals surface area (Å²) in [6.45, 7) is 1.05. The number of nitrogen functional groups attached to an aromatic ring is 1. The summed E-state index contributed by atoms with van der Waals surface area (Å²) in [4.78, 5) is 10.1. The van der Waals surface area contributed by atoms with E-state index < -0.39 is 5.97 Å². The van der Waals surface area contributed by atoms with Gasteiger partial charge < -0.3 is 25.1 Å². The zero-order chi connectivity index (χ0) is 13.2. The van der Waals surface area contributed by atoms with Crippen molar-refractivity contribution in [2.75, 3.05) is 38.8 Å². The van der Waals surface area contributed by atoms with Crippen LogP contribution in [0.25, 0.3) is 0 Å². The van der Waals surface area contributed by atoms with Gasteiger partial charge in [0, 0.05) is 0 Å². The van der Waals surface area contributed by atoms with E-state index in [0.29, 0.717) is 31.3 Å². The van der Waals surface area contributed by atoms with Gasteiger partial charge in [0.25, 0.3) is 0 Å². The number of benzene rings is 1. The minimum Gasteiger partial charge on any atom is -0.489 e. The molecule has 100 valence electrons. The molecule has 0 aliphatic rings. The highest BCUT2D eigenvalue weighted by Gasteiger charge is 1.98. The van der Waals surface area contributed by atoms with Crippen LogP contribution < -0.4 is 10.5 Å². The molecule has 1 aromatic carbocycles. The number of carbonyl (C=O) groups is 1. The zero-order valence-corrected chi connectivity index (χ0v) is 10.0. The van der Waals surface area contributed by atoms with Crippen LogP contribution in [0, 0.1) is 0 Å². The number of carboxylic acid groups (broad SMARTS) is 1. The highest BCUT2D eigenvalue weighted by molar-refractivity contribution is 5.67. The third kappa shape index (κ3) is 6.07. The Kier molecular flexibility index (Phi) is 6.60. The van der Waals surface area contributed by atoms with Crippen LogP contribution in [0.2, 0.25) is 0 Å². The summed E-state index contributed by atoms with van der Waals surface area (Å²) in [5.41, 5.74) is 6.27. The van der Waals surface area contributed by atoms with E-state index in [4.69, 9.17) is 25.1 Å². The van der Waals surface area contributed by atoms with Crippen LogP contribution in [0.4, 0.5) is 5.69 Å². The molecule has 0 saturated heterocycles. The second kappa shape index (κ2) is 8.32. The van der Waals surface area contributed by atoms with E-state index in [0.717, 1.165) is 0 Å². The molecule has 0 unspecified atom stereocenters. The topological polar surface area (TPSA) is 91.0 Å². The Balaban J connectivity index is 1.99. The van der Waals surface area contributed by atoms with Gasteiger partial charge in [-0.15, -0.1) is 0 Å². The predicted molar refractivity (Wildman–Crippen MR) is 65.6 cm³/mol. The fourth-order valence-corrected chi connectivity index (χ4v) is 1.20. The number of nitrogens with two attached hydrogens (primary N) is 1. The number of ether oxygens (including phenoxy) is 3. The maximum atomic E-state index is 10.1. The zero-order valence-electron chi connectivity index (χ0n) is 10.0. The summed E-state index contributed by atoms with van der Waals surface area (Å²) in [7, 11) is 0. The van der Waals surface area contributed by atoms with Gasteiger partial charge in [-0.05, 0) is 12.1 Å². The summed E-state index contributed by atoms with van der Waals surface area (Å²) in [5.74, 6) is -0.360. The van der Waals surface area contributed by atoms with Crippen molar-refractivity contribution < 1.29 is 24.1 Å². The second-order valence-corrected chi connectivity index (χ2v) is 3.44. The van der Waals surface area contributed by atoms with Crippen molar-refractivity contribution in [3.8, 4) is 5.75 Å². The first-order valence-corrected chi connectivity index (χ1v) is 5.54. The van der Waals surface area contributed by atoms with Crippen molar-refractivity contribution in [2.45, 2.75) is 0 Å². The predicted octanol–water partition coefficient (Wildman–Crippen LogP) is 0.765. The van der Waals surface area contributed by atoms with Gasteiger partial charge in [-0.25, -0.2) is 4.79 Å². The van der Waals surface area contributed by atoms with Crippen LogP contribution in [0.15, 0.2) is 24.3 Å². The highest BCUT2D eigenvalue weighted by atomic mass is 16.5. The summed E-state index contributed by atoms with van der Waals surface area (Å²) in [6.07, 6.45) is 0. The van der Waals surface area contributed by atoms with Crippen LogP contribution >= 0.6 is 0 Å². The SMILES string of the molecule is Nc1ccccc1OCCOCCOCC(=O)O. The Labute approximate surface area is 105 Å². The van der Waals surface area contributed by atoms with Gasteiger partial charge in [-0.2, -0.15) is 0 Å². The van der Waals surface area contributed by atoms with Crippen LogP contribution in [0.1, 0.15) is 0 Å². The maximum Gasteiger partial charge on any atom is 0.329 e. The summed E-state index contributed by atoms with van der Waals surface area (Å²) < 4.78 is 15.4. The van der Waals surface area contributed by atoms with E-state index in [9.17, 15) is 4.79 Å². The standard InChI is InChI=1S/C12H17NO5/c13-10-3-1-2-4-11(10)18-8-7-16-5-6-17-9-12(14)15/h1-4H,5-9,13H2,(H,14,15). The molecule has 18 heavy (non-hydrogen) atoms. The van der Waals surface area contributed by atoms with Crippen molar-refractivity contribution in [1.29, 1.82) is 0 Å². The minimum atomic E-state index is -0.988. The number of carboxylic acids is 1. The fraction of sp³-hybridized carbons (Fsp3) is 0.417. The van der Waals surface area contributed by atoms with E-state index in [1.54, 1.807) is 12.1 Å². The average Bonchev–Trinajstić information content (AvgIpc) is 2.34. The summed E-state index contributed by atoms with van der Waals surface area (Å²) in [6, 6.07) is 7.21. The maximum absolute atomic E-state index is 10.1. The molecular formula is C12H17NO5. The Morgan fingerprint density at radius 3 is 2.50 bits per heavy atom. The lowest BCUT2D eigenvalue weighted by Gasteiger charge is -2.08. The molecule has 1 aromatic rings. The number of aliphatic carboxylic acids is 1. The van der Waals surface area contributed by atoms with Gasteiger partial charge in [0.2, 0.25) is 0 Å². The molecule has 1 rings (SSSR count). The monoisotopic (exact) mass is 255 g/mol. The average molecular weight is 255 g/mol. The highest BCUT2D eigenvalue weighted by Crippen LogP contribution is 2.19. The number of rotatable bonds is 9. The third-order valence-electron chi connectivity index (χ3n) is 2.00. The van der Waals surface area contributed by atoms with E-state index in [2.05, 4.69) is 0 Å². The molecule has 0 spiro atoms. The molecular weight excluding hydrogens is 238 g/mol. The fourth-order valence-electron chi connectivity index (χ4n) is 1.20. The smallest absolute Gasteiger partial charge is 0.329 e. The number of hydrogen-bond acceptors (Lipinski definition) is 5. The van der Waals surface area contributed by atoms with E-state index in [1.165, 1.54) is 0 Å². The molecule has 0 aliphatic carbocycles. The molecule has 0 radical (unpaired) electrons. The van der Waals surface area contributed by atoms with Gasteiger partial charge in [0.05, 0.1) is 25.5 Å². The molecule has 0 saturated carbocycles. The van der Waals surface area contributed by atoms with Crippen LogP contribution in [0.3, 0.4) is 0 Å². The molecule has 0 heterocycles. The summed E-state index contributed by atoms with van der Waals surface area (Å²) in [5, 5.41) is 8.31. The van der Waals surface area contributed by atoms with Crippen molar-refractivity contribution >= 4 is 11.7 Å². The normalized spacial score (nSPS) is 10.2. The Bertz CT molecular complexity index is 369. The van der Waals surface area contributed by atoms with Crippen LogP contribution in [-0.4, -0.2) is 44.1 Å². The Hall–Kier alpha value is -1.79. The van der Waals surface area contributed by atoms with Crippen molar-refractivity contribution in [3.05, 3.63) is 24.3 Å². The molecule has 6 heteroatoms.